The van der Waals surface area contributed by atoms with Gasteiger partial charge in [-0.1, -0.05) is 24.3 Å². The van der Waals surface area contributed by atoms with Gasteiger partial charge in [-0.05, 0) is 37.4 Å². The van der Waals surface area contributed by atoms with E-state index in [2.05, 4.69) is 36.1 Å². The fourth-order valence-corrected chi connectivity index (χ4v) is 2.68. The van der Waals surface area contributed by atoms with Crippen LogP contribution in [0.25, 0.3) is 0 Å². The summed E-state index contributed by atoms with van der Waals surface area (Å²) in [6, 6.07) is 8.47. The van der Waals surface area contributed by atoms with E-state index in [0.29, 0.717) is 12.6 Å². The highest BCUT2D eigenvalue weighted by Gasteiger charge is 2.20. The highest BCUT2D eigenvalue weighted by Crippen LogP contribution is 2.17. The van der Waals surface area contributed by atoms with Crippen molar-refractivity contribution in [1.29, 1.82) is 0 Å². The molecule has 1 heterocycles. The van der Waals surface area contributed by atoms with E-state index in [-0.39, 0.29) is 0 Å². The van der Waals surface area contributed by atoms with E-state index in [1.807, 2.05) is 0 Å². The number of hydrogen-bond acceptors (Lipinski definition) is 3. The Morgan fingerprint density at radius 2 is 2.11 bits per heavy atom. The molecule has 0 saturated carbocycles. The number of benzene rings is 1. The standard InChI is InChI=1S/C15H24N2O/c1-2-18-15-8-5-9-17(12-15)11-14-7-4-3-6-13(14)10-16/h3-4,6-7,15H,2,5,8-12,16H2,1H3. The Kier molecular flexibility index (Phi) is 5.17. The summed E-state index contributed by atoms with van der Waals surface area (Å²) in [6.07, 6.45) is 2.84. The molecule has 100 valence electrons. The Morgan fingerprint density at radius 1 is 1.33 bits per heavy atom. The molecular formula is C15H24N2O. The average Bonchev–Trinajstić information content (AvgIpc) is 2.40. The predicted octanol–water partition coefficient (Wildman–Crippen LogP) is 2.15. The molecule has 0 spiro atoms. The van der Waals surface area contributed by atoms with Crippen LogP contribution in [0.2, 0.25) is 0 Å². The van der Waals surface area contributed by atoms with Crippen LogP contribution in [-0.2, 0) is 17.8 Å². The third-order valence-corrected chi connectivity index (χ3v) is 3.60. The van der Waals surface area contributed by atoms with Gasteiger partial charge >= 0.3 is 0 Å². The van der Waals surface area contributed by atoms with Crippen molar-refractivity contribution in [2.45, 2.75) is 39.0 Å². The molecule has 3 heteroatoms. The maximum Gasteiger partial charge on any atom is 0.0702 e. The number of likely N-dealkylation sites (tertiary alicyclic amines) is 1. The third kappa shape index (κ3) is 3.55. The van der Waals surface area contributed by atoms with E-state index in [4.69, 9.17) is 10.5 Å². The number of ether oxygens (including phenoxy) is 1. The summed E-state index contributed by atoms with van der Waals surface area (Å²) in [6.45, 7) is 6.73. The van der Waals surface area contributed by atoms with Gasteiger partial charge in [-0.3, -0.25) is 4.90 Å². The molecule has 1 aliphatic heterocycles. The van der Waals surface area contributed by atoms with E-state index in [1.54, 1.807) is 0 Å². The number of rotatable bonds is 5. The average molecular weight is 248 g/mol. The molecule has 1 aliphatic rings. The summed E-state index contributed by atoms with van der Waals surface area (Å²) in [5, 5.41) is 0. The molecule has 0 amide bonds. The minimum absolute atomic E-state index is 0.411. The number of nitrogens with zero attached hydrogens (tertiary/aromatic N) is 1. The second-order valence-corrected chi connectivity index (χ2v) is 4.93. The summed E-state index contributed by atoms with van der Waals surface area (Å²) in [5.74, 6) is 0. The largest absolute Gasteiger partial charge is 0.377 e. The molecule has 2 N–H and O–H groups in total. The summed E-state index contributed by atoms with van der Waals surface area (Å²) >= 11 is 0. The van der Waals surface area contributed by atoms with Crippen molar-refractivity contribution in [1.82, 2.24) is 4.90 Å². The summed E-state index contributed by atoms with van der Waals surface area (Å²) < 4.78 is 5.74. The molecule has 18 heavy (non-hydrogen) atoms. The zero-order valence-electron chi connectivity index (χ0n) is 11.3. The van der Waals surface area contributed by atoms with Crippen LogP contribution in [0.15, 0.2) is 24.3 Å². The van der Waals surface area contributed by atoms with Gasteiger partial charge in [0, 0.05) is 26.2 Å². The fourth-order valence-electron chi connectivity index (χ4n) is 2.68. The molecule has 0 aromatic heterocycles. The van der Waals surface area contributed by atoms with Crippen LogP contribution in [-0.4, -0.2) is 30.7 Å². The first-order chi connectivity index (χ1) is 8.83. The Balaban J connectivity index is 1.96. The quantitative estimate of drug-likeness (QED) is 0.867. The van der Waals surface area contributed by atoms with Crippen LogP contribution in [0.4, 0.5) is 0 Å². The van der Waals surface area contributed by atoms with Gasteiger partial charge in [0.2, 0.25) is 0 Å². The van der Waals surface area contributed by atoms with Gasteiger partial charge in [0.1, 0.15) is 0 Å². The van der Waals surface area contributed by atoms with Crippen molar-refractivity contribution in [2.24, 2.45) is 5.73 Å². The highest BCUT2D eigenvalue weighted by atomic mass is 16.5. The van der Waals surface area contributed by atoms with E-state index in [1.165, 1.54) is 30.5 Å². The van der Waals surface area contributed by atoms with Crippen LogP contribution in [0, 0.1) is 0 Å². The van der Waals surface area contributed by atoms with Crippen molar-refractivity contribution in [2.75, 3.05) is 19.7 Å². The first-order valence-corrected chi connectivity index (χ1v) is 6.94. The van der Waals surface area contributed by atoms with Gasteiger partial charge < -0.3 is 10.5 Å². The predicted molar refractivity (Wildman–Crippen MR) is 74.3 cm³/mol. The Bertz CT molecular complexity index is 365. The van der Waals surface area contributed by atoms with Crippen LogP contribution in [0.3, 0.4) is 0 Å². The molecule has 1 unspecified atom stereocenters. The van der Waals surface area contributed by atoms with Crippen LogP contribution >= 0.6 is 0 Å². The monoisotopic (exact) mass is 248 g/mol. The zero-order valence-corrected chi connectivity index (χ0v) is 11.3. The maximum absolute atomic E-state index is 5.79. The Hall–Kier alpha value is -0.900. The number of piperidine rings is 1. The minimum Gasteiger partial charge on any atom is -0.377 e. The lowest BCUT2D eigenvalue weighted by Crippen LogP contribution is -2.39. The van der Waals surface area contributed by atoms with Gasteiger partial charge in [-0.15, -0.1) is 0 Å². The lowest BCUT2D eigenvalue weighted by atomic mass is 10.0. The van der Waals surface area contributed by atoms with Crippen molar-refractivity contribution < 1.29 is 4.74 Å². The van der Waals surface area contributed by atoms with E-state index in [0.717, 1.165) is 19.7 Å². The molecule has 0 radical (unpaired) electrons. The zero-order chi connectivity index (χ0) is 12.8. The van der Waals surface area contributed by atoms with Crippen LogP contribution in [0.1, 0.15) is 30.9 Å². The first-order valence-electron chi connectivity index (χ1n) is 6.94. The Labute approximate surface area is 110 Å². The molecule has 2 rings (SSSR count). The highest BCUT2D eigenvalue weighted by molar-refractivity contribution is 5.26. The van der Waals surface area contributed by atoms with Crippen LogP contribution < -0.4 is 5.73 Å². The second-order valence-electron chi connectivity index (χ2n) is 4.93. The minimum atomic E-state index is 0.411. The van der Waals surface area contributed by atoms with Gasteiger partial charge in [0.15, 0.2) is 0 Å². The lowest BCUT2D eigenvalue weighted by molar-refractivity contribution is 0.00357. The van der Waals surface area contributed by atoms with Gasteiger partial charge in [-0.25, -0.2) is 0 Å². The molecule has 1 aromatic rings. The smallest absolute Gasteiger partial charge is 0.0702 e. The first kappa shape index (κ1) is 13.5. The van der Waals surface area contributed by atoms with Crippen molar-refractivity contribution in [3.8, 4) is 0 Å². The van der Waals surface area contributed by atoms with E-state index >= 15 is 0 Å². The maximum atomic E-state index is 5.79. The van der Waals surface area contributed by atoms with Gasteiger partial charge in [0.25, 0.3) is 0 Å². The topological polar surface area (TPSA) is 38.5 Å². The van der Waals surface area contributed by atoms with Crippen molar-refractivity contribution in [3.05, 3.63) is 35.4 Å². The van der Waals surface area contributed by atoms with E-state index < -0.39 is 0 Å². The van der Waals surface area contributed by atoms with Gasteiger partial charge in [0.05, 0.1) is 6.10 Å². The molecule has 0 aliphatic carbocycles. The van der Waals surface area contributed by atoms with Crippen molar-refractivity contribution >= 4 is 0 Å². The number of nitrogens with two attached hydrogens (primary N) is 1. The SMILES string of the molecule is CCOC1CCCN(Cc2ccccc2CN)C1. The summed E-state index contributed by atoms with van der Waals surface area (Å²) in [4.78, 5) is 2.48. The fraction of sp³-hybridized carbons (Fsp3) is 0.600. The molecule has 1 saturated heterocycles. The normalized spacial score (nSPS) is 21.1. The molecular weight excluding hydrogens is 224 g/mol. The lowest BCUT2D eigenvalue weighted by Gasteiger charge is -2.32. The third-order valence-electron chi connectivity index (χ3n) is 3.60. The van der Waals surface area contributed by atoms with Crippen LogP contribution in [0.5, 0.6) is 0 Å². The Morgan fingerprint density at radius 3 is 2.83 bits per heavy atom. The molecule has 1 fully saturated rings. The number of hydrogen-bond donors (Lipinski definition) is 1. The molecule has 1 aromatic carbocycles. The molecule has 1 atom stereocenters. The molecule has 3 nitrogen and oxygen atoms in total. The second kappa shape index (κ2) is 6.88. The van der Waals surface area contributed by atoms with Gasteiger partial charge in [-0.2, -0.15) is 0 Å². The van der Waals surface area contributed by atoms with E-state index in [9.17, 15) is 0 Å². The summed E-state index contributed by atoms with van der Waals surface area (Å²) in [5.41, 5.74) is 8.41. The summed E-state index contributed by atoms with van der Waals surface area (Å²) in [7, 11) is 0. The molecule has 0 bridgehead atoms. The van der Waals surface area contributed by atoms with Crippen molar-refractivity contribution in [3.63, 3.8) is 0 Å².